The Balaban J connectivity index is 2.02. The molecule has 3 aromatic carbocycles. The van der Waals surface area contributed by atoms with Crippen molar-refractivity contribution in [1.29, 1.82) is 0 Å². The number of allylic oxidation sites excluding steroid dienone is 1. The molecule has 32 heavy (non-hydrogen) atoms. The van der Waals surface area contributed by atoms with E-state index >= 15 is 0 Å². The molecule has 1 unspecified atom stereocenters. The van der Waals surface area contributed by atoms with Gasteiger partial charge in [-0.25, -0.2) is 0 Å². The first-order valence-corrected chi connectivity index (χ1v) is 30.1. The first-order chi connectivity index (χ1) is 15.2. The topological polar surface area (TPSA) is 12.0 Å². The van der Waals surface area contributed by atoms with Crippen molar-refractivity contribution < 1.29 is 18.0 Å². The van der Waals surface area contributed by atoms with Gasteiger partial charge in [0.15, 0.2) is 0 Å². The maximum atomic E-state index is 4.59. The van der Waals surface area contributed by atoms with Crippen molar-refractivity contribution in [1.82, 2.24) is 3.30 Å². The zero-order valence-electron chi connectivity index (χ0n) is 20.3. The molecule has 0 heterocycles. The van der Waals surface area contributed by atoms with Crippen LogP contribution in [-0.2, 0) is 26.3 Å². The number of rotatable bonds is 7. The fourth-order valence-corrected chi connectivity index (χ4v) is 62.2. The Hall–Kier alpha value is -1.55. The fraction of sp³-hybridized carbons (Fsp3) is 0.310. The molecular weight excluding hydrogens is 569 g/mol. The second-order valence-electron chi connectivity index (χ2n) is 11.2. The maximum absolute atomic E-state index is 4.59. The molecule has 1 atom stereocenters. The van der Waals surface area contributed by atoms with E-state index in [1.54, 1.807) is 5.56 Å². The third-order valence-electron chi connectivity index (χ3n) is 7.64. The van der Waals surface area contributed by atoms with Crippen molar-refractivity contribution in [2.45, 2.75) is 51.4 Å². The molecule has 4 rings (SSSR count). The molecule has 0 spiro atoms. The molecule has 0 fully saturated rings. The molecule has 1 N–H and O–H groups in total. The van der Waals surface area contributed by atoms with E-state index in [1.165, 1.54) is 25.0 Å². The van der Waals surface area contributed by atoms with Gasteiger partial charge in [-0.2, -0.15) is 0 Å². The molecule has 0 bridgehead atoms. The summed E-state index contributed by atoms with van der Waals surface area (Å²) in [6.07, 6.45) is 5.00. The number of hydrogen-bond acceptors (Lipinski definition) is 1. The number of fused-ring (bicyclic) bond motifs is 1. The fourth-order valence-electron chi connectivity index (χ4n) is 6.36. The minimum absolute atomic E-state index is 0.0713. The van der Waals surface area contributed by atoms with Gasteiger partial charge >= 0.3 is 198 Å². The molecule has 0 radical (unpaired) electrons. The van der Waals surface area contributed by atoms with E-state index in [1.807, 2.05) is 0 Å². The second kappa shape index (κ2) is 9.00. The van der Waals surface area contributed by atoms with Crippen molar-refractivity contribution in [3.63, 3.8) is 0 Å². The zero-order chi connectivity index (χ0) is 22.8. The van der Waals surface area contributed by atoms with Gasteiger partial charge in [0, 0.05) is 0 Å². The van der Waals surface area contributed by atoms with E-state index in [4.69, 9.17) is 0 Å². The van der Waals surface area contributed by atoms with E-state index in [9.17, 15) is 0 Å². The van der Waals surface area contributed by atoms with Crippen LogP contribution in [0.2, 0.25) is 13.1 Å². The van der Waals surface area contributed by atoms with Crippen LogP contribution in [-0.4, -0.2) is 11.5 Å². The molecule has 3 aromatic rings. The third-order valence-corrected chi connectivity index (χ3v) is 70.3. The molecule has 0 saturated heterocycles. The second-order valence-corrected chi connectivity index (χ2v) is 56.9. The summed E-state index contributed by atoms with van der Waals surface area (Å²) in [6.45, 7) is 12.5. The summed E-state index contributed by atoms with van der Waals surface area (Å²) in [7, 11) is 0. The van der Waals surface area contributed by atoms with Gasteiger partial charge in [0.05, 0.1) is 0 Å². The quantitative estimate of drug-likeness (QED) is 0.282. The zero-order valence-corrected chi connectivity index (χ0v) is 25.1. The minimum atomic E-state index is -3.99. The molecule has 167 valence electrons. The molecule has 3 heteroatoms. The van der Waals surface area contributed by atoms with E-state index < -0.39 is 23.9 Å². The van der Waals surface area contributed by atoms with Crippen LogP contribution in [0.15, 0.2) is 91.0 Å². The van der Waals surface area contributed by atoms with Crippen LogP contribution in [0.4, 0.5) is 0 Å². The summed E-state index contributed by atoms with van der Waals surface area (Å²) in [5.41, 5.74) is 6.07. The van der Waals surface area contributed by atoms with Gasteiger partial charge in [-0.15, -0.1) is 0 Å². The molecular formula is C29H38HfNSi. The van der Waals surface area contributed by atoms with Crippen LogP contribution in [0.25, 0.3) is 6.08 Å². The Morgan fingerprint density at radius 3 is 1.75 bits per heavy atom. The summed E-state index contributed by atoms with van der Waals surface area (Å²) in [5.74, 6) is -1.15. The van der Waals surface area contributed by atoms with Crippen LogP contribution in [0, 0.1) is 0 Å². The van der Waals surface area contributed by atoms with Gasteiger partial charge in [0.1, 0.15) is 0 Å². The van der Waals surface area contributed by atoms with Gasteiger partial charge in [-0.05, 0) is 0 Å². The Bertz CT molecular complexity index is 1040. The predicted molar refractivity (Wildman–Crippen MR) is 140 cm³/mol. The SMILES string of the molecule is C[SiH](C)[Hf]([CH2]c1ccccc1)([CH2]c1ccccc1)([NH]C(C)(C)C)[CH]1C=Cc2ccccc21. The number of hydrogen-bond donors (Lipinski definition) is 1. The molecule has 0 amide bonds. The van der Waals surface area contributed by atoms with Gasteiger partial charge < -0.3 is 0 Å². The summed E-state index contributed by atoms with van der Waals surface area (Å²) in [5, 5.41) is 0. The predicted octanol–water partition coefficient (Wildman–Crippen LogP) is 7.13. The van der Waals surface area contributed by atoms with Crippen molar-refractivity contribution in [3.05, 3.63) is 113 Å². The van der Waals surface area contributed by atoms with Crippen molar-refractivity contribution in [2.24, 2.45) is 0 Å². The Kier molecular flexibility index (Phi) is 6.64. The first kappa shape index (κ1) is 23.6. The van der Waals surface area contributed by atoms with Gasteiger partial charge in [0.25, 0.3) is 0 Å². The molecule has 1 nitrogen and oxygen atoms in total. The Labute approximate surface area is 197 Å². The standard InChI is InChI=1S/C9H7.2C7H7.C4H10N.C2H7Si.Hf/c1-2-5-9-7-3-6-8(9)4-1;2*1-7-5-3-2-4-6-7;1-4(2,3)5;1-3-2;/h1-7H;2*2-6H,1H2;5H,1-3H3;3H,1-2H3;/q;;;-1;;+1. The summed E-state index contributed by atoms with van der Waals surface area (Å²) < 4.78 is 7.60. The monoisotopic (exact) mass is 608 g/mol. The Morgan fingerprint density at radius 1 is 0.750 bits per heavy atom. The molecule has 1 aliphatic rings. The Morgan fingerprint density at radius 2 is 1.25 bits per heavy atom. The van der Waals surface area contributed by atoms with Crippen molar-refractivity contribution in [3.8, 4) is 0 Å². The summed E-state index contributed by atoms with van der Waals surface area (Å²) in [6, 6.07) is 31.8. The summed E-state index contributed by atoms with van der Waals surface area (Å²) >= 11 is -3.99. The van der Waals surface area contributed by atoms with Crippen LogP contribution >= 0.6 is 0 Å². The van der Waals surface area contributed by atoms with Gasteiger partial charge in [-0.1, -0.05) is 0 Å². The molecule has 0 saturated carbocycles. The van der Waals surface area contributed by atoms with Gasteiger partial charge in [0.2, 0.25) is 0 Å². The molecule has 0 aliphatic heterocycles. The van der Waals surface area contributed by atoms with Crippen LogP contribution < -0.4 is 3.30 Å². The van der Waals surface area contributed by atoms with Crippen molar-refractivity contribution in [2.75, 3.05) is 0 Å². The average molecular weight is 607 g/mol. The van der Waals surface area contributed by atoms with E-state index in [-0.39, 0.29) is 5.54 Å². The van der Waals surface area contributed by atoms with E-state index in [2.05, 4.69) is 134 Å². The normalized spacial score (nSPS) is 17.2. The summed E-state index contributed by atoms with van der Waals surface area (Å²) in [4.78, 5) is 0. The van der Waals surface area contributed by atoms with E-state index in [0.29, 0.717) is 3.67 Å². The number of benzene rings is 3. The molecule has 1 aliphatic carbocycles. The van der Waals surface area contributed by atoms with Crippen LogP contribution in [0.3, 0.4) is 0 Å². The van der Waals surface area contributed by atoms with E-state index in [0.717, 1.165) is 0 Å². The number of nitrogens with one attached hydrogen (secondary N) is 1. The average Bonchev–Trinajstić information content (AvgIpc) is 3.19. The molecule has 0 aromatic heterocycles. The van der Waals surface area contributed by atoms with Crippen molar-refractivity contribution >= 4 is 12.1 Å². The first-order valence-electron chi connectivity index (χ1n) is 12.0. The third kappa shape index (κ3) is 4.44. The van der Waals surface area contributed by atoms with Crippen LogP contribution in [0.1, 0.15) is 46.7 Å². The van der Waals surface area contributed by atoms with Gasteiger partial charge in [-0.3, -0.25) is 0 Å². The van der Waals surface area contributed by atoms with Crippen LogP contribution in [0.5, 0.6) is 0 Å².